The highest BCUT2D eigenvalue weighted by atomic mass is 32.2. The van der Waals surface area contributed by atoms with Crippen LogP contribution in [0.25, 0.3) is 0 Å². The van der Waals surface area contributed by atoms with Gasteiger partial charge in [-0.05, 0) is 43.2 Å². The average molecular weight is 279 g/mol. The highest BCUT2D eigenvalue weighted by Crippen LogP contribution is 2.17. The molecule has 102 valence electrons. The monoisotopic (exact) mass is 279 g/mol. The SMILES string of the molecule is Cc1cccc(S(=O)(=O)O)c1C.Nc1ccccc1. The summed E-state index contributed by atoms with van der Waals surface area (Å²) < 4.78 is 30.3. The van der Waals surface area contributed by atoms with Gasteiger partial charge in [0.2, 0.25) is 0 Å². The summed E-state index contributed by atoms with van der Waals surface area (Å²) in [7, 11) is -4.06. The van der Waals surface area contributed by atoms with Crippen LogP contribution in [-0.2, 0) is 10.1 Å². The molecule has 2 aromatic rings. The summed E-state index contributed by atoms with van der Waals surface area (Å²) in [5.41, 5.74) is 7.63. The molecule has 19 heavy (non-hydrogen) atoms. The summed E-state index contributed by atoms with van der Waals surface area (Å²) >= 11 is 0. The number of benzene rings is 2. The number of aryl methyl sites for hydroxylation is 1. The van der Waals surface area contributed by atoms with E-state index < -0.39 is 10.1 Å². The van der Waals surface area contributed by atoms with Crippen molar-refractivity contribution in [1.29, 1.82) is 0 Å². The molecule has 0 amide bonds. The van der Waals surface area contributed by atoms with Gasteiger partial charge in [0, 0.05) is 5.69 Å². The van der Waals surface area contributed by atoms with E-state index in [0.717, 1.165) is 11.3 Å². The number of nitrogens with two attached hydrogens (primary N) is 1. The Morgan fingerprint density at radius 3 is 1.89 bits per heavy atom. The van der Waals surface area contributed by atoms with E-state index in [4.69, 9.17) is 10.3 Å². The molecule has 0 aliphatic rings. The maximum absolute atomic E-state index is 10.8. The molecule has 0 unspecified atom stereocenters. The summed E-state index contributed by atoms with van der Waals surface area (Å²) in [6, 6.07) is 14.3. The lowest BCUT2D eigenvalue weighted by atomic mass is 10.1. The van der Waals surface area contributed by atoms with Crippen LogP contribution in [0.2, 0.25) is 0 Å². The molecule has 0 bridgehead atoms. The molecule has 0 saturated heterocycles. The molecule has 0 aliphatic carbocycles. The Bertz CT molecular complexity index is 637. The van der Waals surface area contributed by atoms with Crippen LogP contribution < -0.4 is 5.73 Å². The third kappa shape index (κ3) is 4.73. The normalized spacial score (nSPS) is 10.5. The number of para-hydroxylation sites is 1. The van der Waals surface area contributed by atoms with Gasteiger partial charge in [-0.15, -0.1) is 0 Å². The van der Waals surface area contributed by atoms with Crippen molar-refractivity contribution in [3.63, 3.8) is 0 Å². The zero-order valence-electron chi connectivity index (χ0n) is 10.9. The minimum Gasteiger partial charge on any atom is -0.399 e. The molecule has 0 saturated carbocycles. The van der Waals surface area contributed by atoms with Crippen molar-refractivity contribution in [3.05, 3.63) is 59.7 Å². The molecular weight excluding hydrogens is 262 g/mol. The van der Waals surface area contributed by atoms with Gasteiger partial charge in [-0.25, -0.2) is 0 Å². The van der Waals surface area contributed by atoms with Gasteiger partial charge < -0.3 is 5.73 Å². The maximum atomic E-state index is 10.8. The Hall–Kier alpha value is -1.85. The van der Waals surface area contributed by atoms with Crippen LogP contribution in [0.3, 0.4) is 0 Å². The lowest BCUT2D eigenvalue weighted by Gasteiger charge is -2.03. The Kier molecular flexibility index (Phi) is 5.09. The maximum Gasteiger partial charge on any atom is 0.294 e. The van der Waals surface area contributed by atoms with E-state index in [9.17, 15) is 8.42 Å². The lowest BCUT2D eigenvalue weighted by Crippen LogP contribution is -2.01. The van der Waals surface area contributed by atoms with Crippen molar-refractivity contribution in [2.75, 3.05) is 5.73 Å². The van der Waals surface area contributed by atoms with Crippen LogP contribution in [-0.4, -0.2) is 13.0 Å². The second-order valence-corrected chi connectivity index (χ2v) is 5.47. The Labute approximate surface area is 113 Å². The Morgan fingerprint density at radius 2 is 1.53 bits per heavy atom. The van der Waals surface area contributed by atoms with Crippen molar-refractivity contribution in [1.82, 2.24) is 0 Å². The topological polar surface area (TPSA) is 80.4 Å². The molecule has 0 spiro atoms. The van der Waals surface area contributed by atoms with Crippen molar-refractivity contribution < 1.29 is 13.0 Å². The van der Waals surface area contributed by atoms with Crippen LogP contribution >= 0.6 is 0 Å². The summed E-state index contributed by atoms with van der Waals surface area (Å²) in [5.74, 6) is 0. The van der Waals surface area contributed by atoms with Crippen molar-refractivity contribution in [3.8, 4) is 0 Å². The molecule has 0 fully saturated rings. The molecule has 2 rings (SSSR count). The predicted octanol–water partition coefficient (Wildman–Crippen LogP) is 2.82. The minimum atomic E-state index is -4.06. The Morgan fingerprint density at radius 1 is 0.947 bits per heavy atom. The fourth-order valence-corrected chi connectivity index (χ4v) is 2.26. The van der Waals surface area contributed by atoms with Crippen molar-refractivity contribution in [2.45, 2.75) is 18.7 Å². The van der Waals surface area contributed by atoms with Gasteiger partial charge in [0.15, 0.2) is 0 Å². The summed E-state index contributed by atoms with van der Waals surface area (Å²) in [4.78, 5) is -0.0116. The molecule has 5 heteroatoms. The van der Waals surface area contributed by atoms with E-state index in [2.05, 4.69) is 0 Å². The van der Waals surface area contributed by atoms with E-state index in [1.54, 1.807) is 26.0 Å². The summed E-state index contributed by atoms with van der Waals surface area (Å²) in [6.07, 6.45) is 0. The second kappa shape index (κ2) is 6.36. The first-order valence-electron chi connectivity index (χ1n) is 5.66. The van der Waals surface area contributed by atoms with Gasteiger partial charge in [0.25, 0.3) is 10.1 Å². The number of rotatable bonds is 1. The quantitative estimate of drug-likeness (QED) is 0.621. The first kappa shape index (κ1) is 15.2. The summed E-state index contributed by atoms with van der Waals surface area (Å²) in [6.45, 7) is 3.46. The molecule has 3 N–H and O–H groups in total. The second-order valence-electron chi connectivity index (χ2n) is 4.08. The molecule has 0 heterocycles. The van der Waals surface area contributed by atoms with E-state index in [-0.39, 0.29) is 4.90 Å². The van der Waals surface area contributed by atoms with E-state index in [1.807, 2.05) is 30.3 Å². The molecule has 0 radical (unpaired) electrons. The third-order valence-corrected chi connectivity index (χ3v) is 3.63. The van der Waals surface area contributed by atoms with Gasteiger partial charge in [-0.3, -0.25) is 4.55 Å². The van der Waals surface area contributed by atoms with Crippen LogP contribution in [0, 0.1) is 13.8 Å². The van der Waals surface area contributed by atoms with Crippen molar-refractivity contribution in [2.24, 2.45) is 0 Å². The Balaban J connectivity index is 0.000000218. The van der Waals surface area contributed by atoms with Gasteiger partial charge in [-0.1, -0.05) is 30.3 Å². The van der Waals surface area contributed by atoms with Crippen LogP contribution in [0.4, 0.5) is 5.69 Å². The fourth-order valence-electron chi connectivity index (χ4n) is 1.46. The van der Waals surface area contributed by atoms with E-state index >= 15 is 0 Å². The average Bonchev–Trinajstić information content (AvgIpc) is 2.33. The highest BCUT2D eigenvalue weighted by molar-refractivity contribution is 7.85. The first-order chi connectivity index (χ1) is 8.82. The molecule has 2 aromatic carbocycles. The van der Waals surface area contributed by atoms with Gasteiger partial charge in [0.05, 0.1) is 4.90 Å². The van der Waals surface area contributed by atoms with Crippen molar-refractivity contribution >= 4 is 15.8 Å². The number of anilines is 1. The fraction of sp³-hybridized carbons (Fsp3) is 0.143. The lowest BCUT2D eigenvalue weighted by molar-refractivity contribution is 0.482. The minimum absolute atomic E-state index is 0.0116. The van der Waals surface area contributed by atoms with Gasteiger partial charge in [0.1, 0.15) is 0 Å². The number of nitrogen functional groups attached to an aromatic ring is 1. The number of hydrogen-bond acceptors (Lipinski definition) is 3. The van der Waals surface area contributed by atoms with E-state index in [0.29, 0.717) is 5.56 Å². The van der Waals surface area contributed by atoms with Gasteiger partial charge in [-0.2, -0.15) is 8.42 Å². The molecule has 0 aliphatic heterocycles. The zero-order valence-corrected chi connectivity index (χ0v) is 11.7. The zero-order chi connectivity index (χ0) is 14.5. The number of hydrogen-bond donors (Lipinski definition) is 2. The first-order valence-corrected chi connectivity index (χ1v) is 7.10. The largest absolute Gasteiger partial charge is 0.399 e. The third-order valence-electron chi connectivity index (χ3n) is 2.63. The predicted molar refractivity (Wildman–Crippen MR) is 76.6 cm³/mol. The smallest absolute Gasteiger partial charge is 0.294 e. The molecular formula is C14H17NO3S. The van der Waals surface area contributed by atoms with Crippen LogP contribution in [0.1, 0.15) is 11.1 Å². The van der Waals surface area contributed by atoms with Gasteiger partial charge >= 0.3 is 0 Å². The molecule has 0 atom stereocenters. The molecule has 4 nitrogen and oxygen atoms in total. The van der Waals surface area contributed by atoms with E-state index in [1.165, 1.54) is 6.07 Å². The summed E-state index contributed by atoms with van der Waals surface area (Å²) in [5, 5.41) is 0. The highest BCUT2D eigenvalue weighted by Gasteiger charge is 2.12. The van der Waals surface area contributed by atoms with Crippen LogP contribution in [0.15, 0.2) is 53.4 Å². The van der Waals surface area contributed by atoms with Crippen LogP contribution in [0.5, 0.6) is 0 Å². The standard InChI is InChI=1S/C8H10O3S.C6H7N/c1-6-4-3-5-8(7(6)2)12(9,10)11;7-6-4-2-1-3-5-6/h3-5H,1-2H3,(H,9,10,11);1-5H,7H2. The molecule has 0 aromatic heterocycles.